The molecule has 10 nitrogen and oxygen atoms in total. The van der Waals surface area contributed by atoms with Gasteiger partial charge in [0.05, 0.1) is 42.4 Å². The van der Waals surface area contributed by atoms with Crippen molar-refractivity contribution in [2.75, 3.05) is 10.6 Å². The summed E-state index contributed by atoms with van der Waals surface area (Å²) in [4.78, 5) is 48.1. The molecule has 0 aliphatic carbocycles. The Morgan fingerprint density at radius 2 is 1.00 bits per heavy atom. The summed E-state index contributed by atoms with van der Waals surface area (Å²) in [5.41, 5.74) is 0.262. The van der Waals surface area contributed by atoms with Crippen LogP contribution in [0.15, 0.2) is 94.7 Å². The van der Waals surface area contributed by atoms with E-state index in [1.807, 2.05) is 0 Å². The van der Waals surface area contributed by atoms with Gasteiger partial charge in [-0.2, -0.15) is 0 Å². The molecule has 0 aliphatic rings. The highest BCUT2D eigenvalue weighted by atomic mass is 35.5. The minimum Gasteiger partial charge on any atom is -0.321 e. The number of nitrogens with one attached hydrogen (secondary N) is 2. The highest BCUT2D eigenvalue weighted by Crippen LogP contribution is 2.43. The minimum atomic E-state index is -0.617. The van der Waals surface area contributed by atoms with Crippen LogP contribution in [0.5, 0.6) is 0 Å². The van der Waals surface area contributed by atoms with Crippen LogP contribution < -0.4 is 10.6 Å². The lowest BCUT2D eigenvalue weighted by Gasteiger charge is -2.13. The van der Waals surface area contributed by atoms with Crippen molar-refractivity contribution in [3.8, 4) is 0 Å². The van der Waals surface area contributed by atoms with Gasteiger partial charge in [0.25, 0.3) is 23.2 Å². The molecular weight excluding hydrogens is 599 g/mol. The Labute approximate surface area is 244 Å². The van der Waals surface area contributed by atoms with Gasteiger partial charge < -0.3 is 10.6 Å². The molecule has 4 rings (SSSR count). The number of rotatable bonds is 9. The summed E-state index contributed by atoms with van der Waals surface area (Å²) in [7, 11) is 2.58. The molecule has 4 aromatic carbocycles. The van der Waals surface area contributed by atoms with Gasteiger partial charge in [0, 0.05) is 34.1 Å². The standard InChI is InChI=1S/C26H16Cl2N4O6S2/c27-19-11-9-15(31(35)36)13-17(19)25(33)29-21-5-1-3-7-23(21)39-40-24-8-4-2-6-22(24)30-26(34)18-14-16(32(37)38)10-12-20(18)28/h1-14H,(H,29,33)(H,30,34). The van der Waals surface area contributed by atoms with E-state index in [2.05, 4.69) is 10.6 Å². The lowest BCUT2D eigenvalue weighted by atomic mass is 10.2. The highest BCUT2D eigenvalue weighted by Gasteiger charge is 2.19. The lowest BCUT2D eigenvalue weighted by Crippen LogP contribution is -2.13. The summed E-state index contributed by atoms with van der Waals surface area (Å²) in [5.74, 6) is -1.23. The Bertz CT molecular complexity index is 1530. The van der Waals surface area contributed by atoms with E-state index in [1.54, 1.807) is 48.5 Å². The molecule has 0 fully saturated rings. The third-order valence-corrected chi connectivity index (χ3v) is 8.44. The maximum Gasteiger partial charge on any atom is 0.270 e. The van der Waals surface area contributed by atoms with Gasteiger partial charge in [-0.15, -0.1) is 0 Å². The molecule has 0 saturated heterocycles. The molecule has 14 heteroatoms. The van der Waals surface area contributed by atoms with Crippen LogP contribution >= 0.6 is 44.8 Å². The smallest absolute Gasteiger partial charge is 0.270 e. The molecule has 0 saturated carbocycles. The van der Waals surface area contributed by atoms with Crippen LogP contribution in [-0.2, 0) is 0 Å². The SMILES string of the molecule is O=C(Nc1ccccc1SSc1ccccc1NC(=O)c1cc([N+](=O)[O-])ccc1Cl)c1cc([N+](=O)[O-])ccc1Cl. The molecule has 202 valence electrons. The number of non-ortho nitro benzene ring substituents is 2. The third kappa shape index (κ3) is 6.90. The number of hydrogen-bond donors (Lipinski definition) is 2. The first-order valence-electron chi connectivity index (χ1n) is 11.2. The summed E-state index contributed by atoms with van der Waals surface area (Å²) in [6, 6.07) is 21.1. The van der Waals surface area contributed by atoms with Crippen molar-refractivity contribution in [3.05, 3.63) is 126 Å². The average molecular weight is 615 g/mol. The van der Waals surface area contributed by atoms with Crippen LogP contribution in [-0.4, -0.2) is 21.7 Å². The molecule has 2 N–H and O–H groups in total. The van der Waals surface area contributed by atoms with Gasteiger partial charge in [-0.05, 0) is 36.4 Å². The van der Waals surface area contributed by atoms with Gasteiger partial charge in [-0.3, -0.25) is 29.8 Å². The minimum absolute atomic E-state index is 0.0452. The van der Waals surface area contributed by atoms with E-state index < -0.39 is 21.7 Å². The predicted molar refractivity (Wildman–Crippen MR) is 157 cm³/mol. The Morgan fingerprint density at radius 1 is 0.625 bits per heavy atom. The van der Waals surface area contributed by atoms with Crippen molar-refractivity contribution in [1.29, 1.82) is 0 Å². The molecule has 40 heavy (non-hydrogen) atoms. The number of para-hydroxylation sites is 2. The van der Waals surface area contributed by atoms with Crippen molar-refractivity contribution in [2.45, 2.75) is 9.79 Å². The van der Waals surface area contributed by atoms with Crippen molar-refractivity contribution < 1.29 is 19.4 Å². The van der Waals surface area contributed by atoms with Crippen LogP contribution in [0, 0.1) is 20.2 Å². The number of anilines is 2. The van der Waals surface area contributed by atoms with Gasteiger partial charge >= 0.3 is 0 Å². The van der Waals surface area contributed by atoms with E-state index >= 15 is 0 Å². The second kappa shape index (κ2) is 12.8. The van der Waals surface area contributed by atoms with Crippen LogP contribution in [0.4, 0.5) is 22.7 Å². The van der Waals surface area contributed by atoms with Crippen LogP contribution in [0.25, 0.3) is 0 Å². The average Bonchev–Trinajstić information content (AvgIpc) is 2.93. The quantitative estimate of drug-likeness (QED) is 0.109. The largest absolute Gasteiger partial charge is 0.321 e. The zero-order valence-electron chi connectivity index (χ0n) is 20.0. The van der Waals surface area contributed by atoms with Crippen molar-refractivity contribution >= 4 is 79.4 Å². The normalized spacial score (nSPS) is 10.6. The summed E-state index contributed by atoms with van der Waals surface area (Å²) in [6.45, 7) is 0. The fourth-order valence-electron chi connectivity index (χ4n) is 3.36. The predicted octanol–water partition coefficient (Wildman–Crippen LogP) is 8.11. The molecule has 0 aliphatic heterocycles. The number of amides is 2. The van der Waals surface area contributed by atoms with E-state index in [-0.39, 0.29) is 32.5 Å². The summed E-state index contributed by atoms with van der Waals surface area (Å²) in [5, 5.41) is 27.8. The van der Waals surface area contributed by atoms with Gasteiger partial charge in [0.15, 0.2) is 0 Å². The number of nitrogens with zero attached hydrogens (tertiary/aromatic N) is 2. The number of nitro groups is 2. The first-order chi connectivity index (χ1) is 19.1. The highest BCUT2D eigenvalue weighted by molar-refractivity contribution is 8.76. The summed E-state index contributed by atoms with van der Waals surface area (Å²) < 4.78 is 0. The molecule has 0 heterocycles. The summed E-state index contributed by atoms with van der Waals surface area (Å²) >= 11 is 12.2. The van der Waals surface area contributed by atoms with E-state index in [4.69, 9.17) is 23.2 Å². The maximum atomic E-state index is 12.9. The zero-order valence-corrected chi connectivity index (χ0v) is 23.1. The zero-order chi connectivity index (χ0) is 28.8. The first-order valence-corrected chi connectivity index (χ1v) is 14.1. The molecule has 0 bridgehead atoms. The lowest BCUT2D eigenvalue weighted by molar-refractivity contribution is -0.385. The molecule has 4 aromatic rings. The van der Waals surface area contributed by atoms with E-state index in [1.165, 1.54) is 45.9 Å². The fourth-order valence-corrected chi connectivity index (χ4v) is 6.04. The topological polar surface area (TPSA) is 144 Å². The Hall–Kier alpha value is -4.10. The van der Waals surface area contributed by atoms with Crippen molar-refractivity contribution in [2.24, 2.45) is 0 Å². The van der Waals surface area contributed by atoms with Crippen LogP contribution in [0.1, 0.15) is 20.7 Å². The van der Waals surface area contributed by atoms with E-state index in [9.17, 15) is 29.8 Å². The number of carbonyl (C=O) groups excluding carboxylic acids is 2. The number of nitro benzene ring substituents is 2. The fraction of sp³-hybridized carbons (Fsp3) is 0. The number of benzene rings is 4. The van der Waals surface area contributed by atoms with Gasteiger partial charge in [0.2, 0.25) is 0 Å². The molecular formula is C26H16Cl2N4O6S2. The Balaban J connectivity index is 1.51. The van der Waals surface area contributed by atoms with Gasteiger partial charge in [0.1, 0.15) is 0 Å². The van der Waals surface area contributed by atoms with Gasteiger partial charge in [-0.25, -0.2) is 0 Å². The maximum absolute atomic E-state index is 12.9. The van der Waals surface area contributed by atoms with Gasteiger partial charge in [-0.1, -0.05) is 69.1 Å². The molecule has 0 spiro atoms. The molecule has 0 unspecified atom stereocenters. The van der Waals surface area contributed by atoms with Crippen molar-refractivity contribution in [3.63, 3.8) is 0 Å². The summed E-state index contributed by atoms with van der Waals surface area (Å²) in [6.07, 6.45) is 0. The molecule has 2 amide bonds. The second-order valence-electron chi connectivity index (χ2n) is 7.91. The van der Waals surface area contributed by atoms with E-state index in [0.29, 0.717) is 21.2 Å². The number of halogens is 2. The van der Waals surface area contributed by atoms with E-state index in [0.717, 1.165) is 12.1 Å². The first kappa shape index (κ1) is 28.9. The number of carbonyl (C=O) groups is 2. The van der Waals surface area contributed by atoms with Crippen LogP contribution in [0.2, 0.25) is 10.0 Å². The van der Waals surface area contributed by atoms with Crippen LogP contribution in [0.3, 0.4) is 0 Å². The van der Waals surface area contributed by atoms with Crippen molar-refractivity contribution in [1.82, 2.24) is 0 Å². The second-order valence-corrected chi connectivity index (χ2v) is 10.9. The Morgan fingerprint density at radius 3 is 1.38 bits per heavy atom. The molecule has 0 aromatic heterocycles. The monoisotopic (exact) mass is 614 g/mol. The molecule has 0 atom stereocenters. The third-order valence-electron chi connectivity index (χ3n) is 5.30. The molecule has 0 radical (unpaired) electrons. The number of hydrogen-bond acceptors (Lipinski definition) is 8. The Kier molecular flexibility index (Phi) is 9.27.